The van der Waals surface area contributed by atoms with E-state index in [1.165, 1.54) is 33.4 Å². The maximum Gasteiger partial charge on any atom is 0.0833 e. The number of hydrogen-bond acceptors (Lipinski definition) is 1. The second-order valence-electron chi connectivity index (χ2n) is 5.89. The van der Waals surface area contributed by atoms with E-state index in [1.807, 2.05) is 12.1 Å². The van der Waals surface area contributed by atoms with Crippen LogP contribution in [0, 0.1) is 34.6 Å². The Morgan fingerprint density at radius 3 is 2.10 bits per heavy atom. The molecule has 0 saturated carbocycles. The quantitative estimate of drug-likeness (QED) is 0.868. The van der Waals surface area contributed by atoms with Crippen LogP contribution in [0.4, 0.5) is 0 Å². The van der Waals surface area contributed by atoms with Crippen molar-refractivity contribution >= 4 is 0 Å². The van der Waals surface area contributed by atoms with Gasteiger partial charge < -0.3 is 5.11 Å². The third-order valence-corrected chi connectivity index (χ3v) is 4.24. The number of hydrogen-bond donors (Lipinski definition) is 1. The van der Waals surface area contributed by atoms with Gasteiger partial charge in [-0.15, -0.1) is 0 Å². The molecule has 2 rings (SSSR count). The Hall–Kier alpha value is -1.60. The SMILES string of the molecule is Cc1cc(C)c(CC(O)c2cccc(C)c2C)c(C)c1. The molecule has 0 aromatic heterocycles. The van der Waals surface area contributed by atoms with Crippen molar-refractivity contribution in [3.8, 4) is 0 Å². The Labute approximate surface area is 122 Å². The van der Waals surface area contributed by atoms with Crippen molar-refractivity contribution in [1.29, 1.82) is 0 Å². The van der Waals surface area contributed by atoms with E-state index in [-0.39, 0.29) is 0 Å². The molecule has 0 spiro atoms. The van der Waals surface area contributed by atoms with Gasteiger partial charge in [-0.1, -0.05) is 35.9 Å². The fourth-order valence-electron chi connectivity index (χ4n) is 2.97. The van der Waals surface area contributed by atoms with Crippen LogP contribution in [0.2, 0.25) is 0 Å². The van der Waals surface area contributed by atoms with Crippen molar-refractivity contribution in [2.75, 3.05) is 0 Å². The minimum atomic E-state index is -0.435. The Kier molecular flexibility index (Phi) is 4.29. The summed E-state index contributed by atoms with van der Waals surface area (Å²) in [7, 11) is 0. The Bertz CT molecular complexity index is 603. The summed E-state index contributed by atoms with van der Waals surface area (Å²) in [6, 6.07) is 10.5. The van der Waals surface area contributed by atoms with Crippen LogP contribution in [0.3, 0.4) is 0 Å². The van der Waals surface area contributed by atoms with Crippen LogP contribution in [0.5, 0.6) is 0 Å². The standard InChI is InChI=1S/C19H24O/c1-12-9-14(3)18(15(4)10-12)11-19(20)17-8-6-7-13(2)16(17)5/h6-10,19-20H,11H2,1-5H3. The van der Waals surface area contributed by atoms with E-state index < -0.39 is 6.10 Å². The van der Waals surface area contributed by atoms with Crippen molar-refractivity contribution in [3.63, 3.8) is 0 Å². The molecule has 2 aromatic rings. The molecule has 0 amide bonds. The summed E-state index contributed by atoms with van der Waals surface area (Å²) < 4.78 is 0. The number of rotatable bonds is 3. The summed E-state index contributed by atoms with van der Waals surface area (Å²) in [6.45, 7) is 10.6. The first kappa shape index (κ1) is 14.8. The van der Waals surface area contributed by atoms with Crippen LogP contribution in [-0.2, 0) is 6.42 Å². The third kappa shape index (κ3) is 2.94. The summed E-state index contributed by atoms with van der Waals surface area (Å²) in [4.78, 5) is 0. The average Bonchev–Trinajstić information content (AvgIpc) is 2.36. The second-order valence-corrected chi connectivity index (χ2v) is 5.89. The molecule has 0 aliphatic carbocycles. The van der Waals surface area contributed by atoms with Gasteiger partial charge in [-0.25, -0.2) is 0 Å². The average molecular weight is 268 g/mol. The van der Waals surface area contributed by atoms with Crippen molar-refractivity contribution in [2.24, 2.45) is 0 Å². The smallest absolute Gasteiger partial charge is 0.0833 e. The molecule has 1 atom stereocenters. The monoisotopic (exact) mass is 268 g/mol. The van der Waals surface area contributed by atoms with Gasteiger partial charge in [0.1, 0.15) is 0 Å². The minimum Gasteiger partial charge on any atom is -0.388 e. The largest absolute Gasteiger partial charge is 0.388 e. The highest BCUT2D eigenvalue weighted by Gasteiger charge is 2.15. The van der Waals surface area contributed by atoms with Gasteiger partial charge in [-0.3, -0.25) is 0 Å². The van der Waals surface area contributed by atoms with Crippen LogP contribution >= 0.6 is 0 Å². The molecule has 0 aliphatic heterocycles. The molecule has 1 heteroatoms. The van der Waals surface area contributed by atoms with Gasteiger partial charge in [0.05, 0.1) is 6.10 Å². The first-order chi connectivity index (χ1) is 9.40. The van der Waals surface area contributed by atoms with Crippen LogP contribution in [-0.4, -0.2) is 5.11 Å². The predicted molar refractivity (Wildman–Crippen MR) is 85.2 cm³/mol. The summed E-state index contributed by atoms with van der Waals surface area (Å²) in [5, 5.41) is 10.6. The minimum absolute atomic E-state index is 0.435. The van der Waals surface area contributed by atoms with Gasteiger partial charge in [0.25, 0.3) is 0 Å². The molecule has 0 heterocycles. The fraction of sp³-hybridized carbons (Fsp3) is 0.368. The van der Waals surface area contributed by atoms with E-state index in [9.17, 15) is 5.11 Å². The van der Waals surface area contributed by atoms with Gasteiger partial charge in [-0.2, -0.15) is 0 Å². The second kappa shape index (κ2) is 5.80. The van der Waals surface area contributed by atoms with Gasteiger partial charge in [0, 0.05) is 6.42 Å². The zero-order valence-electron chi connectivity index (χ0n) is 13.1. The zero-order valence-corrected chi connectivity index (χ0v) is 13.1. The lowest BCUT2D eigenvalue weighted by Crippen LogP contribution is -2.07. The summed E-state index contributed by atoms with van der Waals surface area (Å²) >= 11 is 0. The van der Waals surface area contributed by atoms with Gasteiger partial charge in [0.2, 0.25) is 0 Å². The maximum absolute atomic E-state index is 10.6. The van der Waals surface area contributed by atoms with E-state index in [4.69, 9.17) is 0 Å². The summed E-state index contributed by atoms with van der Waals surface area (Å²) in [5.74, 6) is 0. The fourth-order valence-corrected chi connectivity index (χ4v) is 2.97. The lowest BCUT2D eigenvalue weighted by Gasteiger charge is -2.18. The maximum atomic E-state index is 10.6. The highest BCUT2D eigenvalue weighted by molar-refractivity contribution is 5.40. The zero-order chi connectivity index (χ0) is 14.9. The highest BCUT2D eigenvalue weighted by atomic mass is 16.3. The molecule has 1 nitrogen and oxygen atoms in total. The van der Waals surface area contributed by atoms with Crippen LogP contribution in [0.1, 0.15) is 45.0 Å². The topological polar surface area (TPSA) is 20.2 Å². The number of aliphatic hydroxyl groups is 1. The molecule has 1 N–H and O–H groups in total. The van der Waals surface area contributed by atoms with Crippen molar-refractivity contribution < 1.29 is 5.11 Å². The van der Waals surface area contributed by atoms with E-state index in [0.717, 1.165) is 5.56 Å². The first-order valence-electron chi connectivity index (χ1n) is 7.21. The Balaban J connectivity index is 2.33. The molecule has 0 aliphatic rings. The number of aliphatic hydroxyl groups excluding tert-OH is 1. The van der Waals surface area contributed by atoms with E-state index in [1.54, 1.807) is 0 Å². The normalized spacial score (nSPS) is 12.5. The lowest BCUT2D eigenvalue weighted by molar-refractivity contribution is 0.177. The molecule has 0 saturated heterocycles. The summed E-state index contributed by atoms with van der Waals surface area (Å²) in [5.41, 5.74) is 8.57. The Morgan fingerprint density at radius 1 is 0.900 bits per heavy atom. The van der Waals surface area contributed by atoms with Crippen LogP contribution in [0.25, 0.3) is 0 Å². The molecular weight excluding hydrogens is 244 g/mol. The molecule has 2 aromatic carbocycles. The summed E-state index contributed by atoms with van der Waals surface area (Å²) in [6.07, 6.45) is 0.248. The van der Waals surface area contributed by atoms with E-state index in [0.29, 0.717) is 6.42 Å². The number of aryl methyl sites for hydroxylation is 4. The van der Waals surface area contributed by atoms with Crippen LogP contribution in [0.15, 0.2) is 30.3 Å². The van der Waals surface area contributed by atoms with Crippen LogP contribution < -0.4 is 0 Å². The van der Waals surface area contributed by atoms with Gasteiger partial charge >= 0.3 is 0 Å². The van der Waals surface area contributed by atoms with Gasteiger partial charge in [-0.05, 0) is 68.0 Å². The molecule has 0 radical (unpaired) electrons. The molecule has 0 bridgehead atoms. The number of benzene rings is 2. The molecule has 20 heavy (non-hydrogen) atoms. The van der Waals surface area contributed by atoms with E-state index in [2.05, 4.69) is 52.8 Å². The molecule has 0 fully saturated rings. The molecular formula is C19H24O. The first-order valence-corrected chi connectivity index (χ1v) is 7.21. The Morgan fingerprint density at radius 2 is 1.50 bits per heavy atom. The highest BCUT2D eigenvalue weighted by Crippen LogP contribution is 2.27. The lowest BCUT2D eigenvalue weighted by atomic mass is 9.90. The van der Waals surface area contributed by atoms with Crippen molar-refractivity contribution in [3.05, 3.63) is 69.3 Å². The predicted octanol–water partition coefficient (Wildman–Crippen LogP) is 4.50. The third-order valence-electron chi connectivity index (χ3n) is 4.24. The molecule has 106 valence electrons. The van der Waals surface area contributed by atoms with Crippen molar-refractivity contribution in [2.45, 2.75) is 47.1 Å². The molecule has 1 unspecified atom stereocenters. The van der Waals surface area contributed by atoms with Gasteiger partial charge in [0.15, 0.2) is 0 Å². The van der Waals surface area contributed by atoms with Crippen molar-refractivity contribution in [1.82, 2.24) is 0 Å². The van der Waals surface area contributed by atoms with E-state index >= 15 is 0 Å².